The number of anilines is 1. The number of nitrogens with zero attached hydrogens (tertiary/aromatic N) is 4. The Morgan fingerprint density at radius 1 is 1.19 bits per heavy atom. The molecule has 0 spiro atoms. The topological polar surface area (TPSA) is 111 Å². The van der Waals surface area contributed by atoms with E-state index in [4.69, 9.17) is 15.7 Å². The maximum absolute atomic E-state index is 11.8. The smallest absolute Gasteiger partial charge is 0.253 e. The van der Waals surface area contributed by atoms with Crippen molar-refractivity contribution >= 4 is 22.6 Å². The Labute approximate surface area is 179 Å². The number of amides is 1. The minimum absolute atomic E-state index is 0.327. The quantitative estimate of drug-likeness (QED) is 0.464. The second-order valence-electron chi connectivity index (χ2n) is 7.78. The molecule has 2 aromatic heterocycles. The van der Waals surface area contributed by atoms with Crippen LogP contribution in [0.2, 0.25) is 0 Å². The largest absolute Gasteiger partial charge is 0.366 e. The number of aromatic nitrogens is 4. The van der Waals surface area contributed by atoms with Crippen LogP contribution in [0.3, 0.4) is 0 Å². The molecule has 0 aliphatic carbocycles. The zero-order valence-electron chi connectivity index (χ0n) is 17.2. The average molecular weight is 413 g/mol. The van der Waals surface area contributed by atoms with E-state index in [9.17, 15) is 4.79 Å². The van der Waals surface area contributed by atoms with Crippen LogP contribution in [-0.2, 0) is 19.5 Å². The zero-order valence-corrected chi connectivity index (χ0v) is 17.2. The monoisotopic (exact) mass is 413 g/mol. The van der Waals surface area contributed by atoms with Crippen molar-refractivity contribution in [2.75, 3.05) is 5.32 Å². The van der Waals surface area contributed by atoms with Gasteiger partial charge in [0.05, 0.1) is 23.0 Å². The first kappa shape index (κ1) is 19.2. The van der Waals surface area contributed by atoms with Gasteiger partial charge in [0.1, 0.15) is 5.82 Å². The van der Waals surface area contributed by atoms with Gasteiger partial charge >= 0.3 is 0 Å². The van der Waals surface area contributed by atoms with Gasteiger partial charge in [-0.05, 0) is 24.6 Å². The predicted molar refractivity (Wildman–Crippen MR) is 119 cm³/mol. The molecule has 2 aromatic carbocycles. The van der Waals surface area contributed by atoms with Crippen molar-refractivity contribution in [2.24, 2.45) is 5.73 Å². The number of benzene rings is 2. The molecule has 4 N–H and O–H groups in total. The van der Waals surface area contributed by atoms with Crippen LogP contribution in [0.4, 0.5) is 5.82 Å². The van der Waals surface area contributed by atoms with Gasteiger partial charge in [0.2, 0.25) is 5.91 Å². The van der Waals surface area contributed by atoms with E-state index in [2.05, 4.69) is 34.8 Å². The Hall–Kier alpha value is -3.78. The van der Waals surface area contributed by atoms with Gasteiger partial charge in [0, 0.05) is 36.5 Å². The van der Waals surface area contributed by atoms with Crippen LogP contribution in [0, 0.1) is 0 Å². The first-order chi connectivity index (χ1) is 15.1. The Morgan fingerprint density at radius 3 is 2.84 bits per heavy atom. The summed E-state index contributed by atoms with van der Waals surface area (Å²) in [6, 6.07) is 15.9. The first-order valence-corrected chi connectivity index (χ1v) is 10.3. The number of fused-ring (bicyclic) bond motifs is 2. The Bertz CT molecular complexity index is 1270. The minimum Gasteiger partial charge on any atom is -0.366 e. The fraction of sp³-hybridized carbons (Fsp3) is 0.217. The number of carbonyl (C=O) groups is 1. The predicted octanol–water partition coefficient (Wildman–Crippen LogP) is 2.56. The first-order valence-electron chi connectivity index (χ1n) is 10.3. The van der Waals surface area contributed by atoms with Crippen LogP contribution >= 0.6 is 0 Å². The summed E-state index contributed by atoms with van der Waals surface area (Å²) in [5.41, 5.74) is 9.95. The molecule has 31 heavy (non-hydrogen) atoms. The van der Waals surface area contributed by atoms with Crippen molar-refractivity contribution in [3.05, 3.63) is 77.1 Å². The van der Waals surface area contributed by atoms with Gasteiger partial charge in [-0.1, -0.05) is 36.4 Å². The van der Waals surface area contributed by atoms with Gasteiger partial charge < -0.3 is 16.4 Å². The minimum atomic E-state index is -0.485. The zero-order chi connectivity index (χ0) is 21.4. The van der Waals surface area contributed by atoms with E-state index < -0.39 is 5.91 Å². The Morgan fingerprint density at radius 2 is 2.03 bits per heavy atom. The highest BCUT2D eigenvalue weighted by atomic mass is 16.1. The molecule has 1 unspecified atom stereocenters. The molecule has 1 aliphatic heterocycles. The van der Waals surface area contributed by atoms with Gasteiger partial charge in [0.25, 0.3) is 5.95 Å². The SMILES string of the molecule is CC1Cc2nc(-n3ncc4c(C(N)=O)cccc43)nc(NCc3ccccc3)c2CN1. The van der Waals surface area contributed by atoms with Crippen LogP contribution in [0.15, 0.2) is 54.7 Å². The molecule has 1 atom stereocenters. The van der Waals surface area contributed by atoms with Crippen molar-refractivity contribution in [3.8, 4) is 5.95 Å². The summed E-state index contributed by atoms with van der Waals surface area (Å²) in [5, 5.41) is 12.1. The Balaban J connectivity index is 1.59. The second-order valence-corrected chi connectivity index (χ2v) is 7.78. The molecule has 8 heteroatoms. The van der Waals surface area contributed by atoms with Crippen molar-refractivity contribution < 1.29 is 4.79 Å². The lowest BCUT2D eigenvalue weighted by molar-refractivity contribution is 0.100. The van der Waals surface area contributed by atoms with Gasteiger partial charge in [0.15, 0.2) is 0 Å². The van der Waals surface area contributed by atoms with Crippen LogP contribution in [0.25, 0.3) is 16.9 Å². The number of carbonyl (C=O) groups excluding carboxylic acids is 1. The molecule has 3 heterocycles. The highest BCUT2D eigenvalue weighted by Crippen LogP contribution is 2.26. The van der Waals surface area contributed by atoms with E-state index in [-0.39, 0.29) is 0 Å². The summed E-state index contributed by atoms with van der Waals surface area (Å²) in [7, 11) is 0. The summed E-state index contributed by atoms with van der Waals surface area (Å²) in [4.78, 5) is 21.5. The third-order valence-electron chi connectivity index (χ3n) is 5.58. The van der Waals surface area contributed by atoms with Gasteiger partial charge in [-0.2, -0.15) is 14.8 Å². The highest BCUT2D eigenvalue weighted by molar-refractivity contribution is 6.05. The summed E-state index contributed by atoms with van der Waals surface area (Å²) in [6.45, 7) is 3.51. The molecule has 156 valence electrons. The van der Waals surface area contributed by atoms with E-state index in [1.54, 1.807) is 23.0 Å². The number of primary amides is 1. The lowest BCUT2D eigenvalue weighted by Crippen LogP contribution is -2.34. The van der Waals surface area contributed by atoms with Gasteiger partial charge in [-0.3, -0.25) is 4.79 Å². The van der Waals surface area contributed by atoms with E-state index in [1.165, 1.54) is 5.56 Å². The van der Waals surface area contributed by atoms with Crippen molar-refractivity contribution in [1.82, 2.24) is 25.1 Å². The Kier molecular flexibility index (Phi) is 4.83. The molecule has 0 saturated carbocycles. The molecule has 0 bridgehead atoms. The van der Waals surface area contributed by atoms with Crippen LogP contribution in [0.5, 0.6) is 0 Å². The third kappa shape index (κ3) is 3.62. The molecule has 1 amide bonds. The fourth-order valence-corrected chi connectivity index (χ4v) is 3.96. The van der Waals surface area contributed by atoms with E-state index >= 15 is 0 Å². The number of hydrogen-bond donors (Lipinski definition) is 3. The second kappa shape index (κ2) is 7.81. The summed E-state index contributed by atoms with van der Waals surface area (Å²) in [6.07, 6.45) is 2.44. The van der Waals surface area contributed by atoms with Crippen molar-refractivity contribution in [1.29, 1.82) is 0 Å². The molecule has 0 saturated heterocycles. The van der Waals surface area contributed by atoms with Crippen molar-refractivity contribution in [2.45, 2.75) is 32.5 Å². The molecule has 5 rings (SSSR count). The summed E-state index contributed by atoms with van der Waals surface area (Å²) in [5.74, 6) is 0.777. The van der Waals surface area contributed by atoms with E-state index in [0.717, 1.165) is 29.0 Å². The lowest BCUT2D eigenvalue weighted by atomic mass is 10.0. The standard InChI is InChI=1S/C23H23N7O/c1-14-10-19-18(12-25-14)22(26-11-15-6-3-2-4-7-15)29-23(28-19)30-20-9-5-8-16(21(24)31)17(20)13-27-30/h2-9,13-14,25H,10-12H2,1H3,(H2,24,31)(H,26,28,29). The van der Waals surface area contributed by atoms with E-state index in [1.807, 2.05) is 24.3 Å². The molecular weight excluding hydrogens is 390 g/mol. The summed E-state index contributed by atoms with van der Waals surface area (Å²) < 4.78 is 1.67. The average Bonchev–Trinajstić information content (AvgIpc) is 3.22. The molecule has 8 nitrogen and oxygen atoms in total. The molecule has 0 fully saturated rings. The van der Waals surface area contributed by atoms with E-state index in [0.29, 0.717) is 36.0 Å². The van der Waals surface area contributed by atoms with Gasteiger partial charge in [-0.15, -0.1) is 0 Å². The lowest BCUT2D eigenvalue weighted by Gasteiger charge is -2.25. The maximum atomic E-state index is 11.8. The van der Waals surface area contributed by atoms with Crippen LogP contribution in [0.1, 0.15) is 34.1 Å². The number of nitrogens with two attached hydrogens (primary N) is 1. The molecule has 4 aromatic rings. The van der Waals surface area contributed by atoms with Gasteiger partial charge in [-0.25, -0.2) is 4.98 Å². The van der Waals surface area contributed by atoms with Crippen LogP contribution in [-0.4, -0.2) is 31.7 Å². The number of nitrogens with one attached hydrogen (secondary N) is 2. The molecule has 0 radical (unpaired) electrons. The summed E-state index contributed by atoms with van der Waals surface area (Å²) >= 11 is 0. The highest BCUT2D eigenvalue weighted by Gasteiger charge is 2.23. The van der Waals surface area contributed by atoms with Crippen molar-refractivity contribution in [3.63, 3.8) is 0 Å². The number of rotatable bonds is 5. The third-order valence-corrected chi connectivity index (χ3v) is 5.58. The van der Waals surface area contributed by atoms with Crippen LogP contribution < -0.4 is 16.4 Å². The maximum Gasteiger partial charge on any atom is 0.253 e. The molecular formula is C23H23N7O. The normalized spacial score (nSPS) is 15.6. The molecule has 1 aliphatic rings. The number of hydrogen-bond acceptors (Lipinski definition) is 6. The fourth-order valence-electron chi connectivity index (χ4n) is 3.96.